The average Bonchev–Trinajstić information content (AvgIpc) is 3.20. The molecule has 1 aliphatic carbocycles. The zero-order valence-electron chi connectivity index (χ0n) is 11.8. The molecule has 0 spiro atoms. The molecule has 0 saturated heterocycles. The van der Waals surface area contributed by atoms with Crippen LogP contribution in [0.25, 0.3) is 0 Å². The Hall–Kier alpha value is -0.980. The minimum Gasteiger partial charge on any atom is -0.316 e. The summed E-state index contributed by atoms with van der Waals surface area (Å²) in [6, 6.07) is 4.21. The van der Waals surface area contributed by atoms with Crippen LogP contribution in [-0.2, 0) is 16.6 Å². The Balaban J connectivity index is 2.07. The van der Waals surface area contributed by atoms with Gasteiger partial charge in [-0.15, -0.1) is 0 Å². The summed E-state index contributed by atoms with van der Waals surface area (Å²) in [5.74, 6) is 0.210. The lowest BCUT2D eigenvalue weighted by Crippen LogP contribution is -2.29. The van der Waals surface area contributed by atoms with E-state index in [9.17, 15) is 12.8 Å². The van der Waals surface area contributed by atoms with E-state index in [4.69, 9.17) is 0 Å². The zero-order chi connectivity index (χ0) is 14.8. The van der Waals surface area contributed by atoms with E-state index in [1.54, 1.807) is 13.1 Å². The summed E-state index contributed by atoms with van der Waals surface area (Å²) in [4.78, 5) is -0.277. The van der Waals surface area contributed by atoms with Crippen molar-refractivity contribution < 1.29 is 12.8 Å². The number of sulfonamides is 1. The summed E-state index contributed by atoms with van der Waals surface area (Å²) in [7, 11) is -2.02. The first-order valence-corrected chi connectivity index (χ1v) is 8.35. The first-order chi connectivity index (χ1) is 9.44. The molecular weight excluding hydrogens is 279 g/mol. The average molecular weight is 300 g/mol. The van der Waals surface area contributed by atoms with Gasteiger partial charge in [-0.05, 0) is 49.4 Å². The minimum absolute atomic E-state index is 0.277. The van der Waals surface area contributed by atoms with Gasteiger partial charge in [-0.25, -0.2) is 17.5 Å². The third-order valence-corrected chi connectivity index (χ3v) is 5.15. The lowest BCUT2D eigenvalue weighted by Gasteiger charge is -2.13. The van der Waals surface area contributed by atoms with E-state index in [0.717, 1.165) is 18.4 Å². The van der Waals surface area contributed by atoms with E-state index >= 15 is 0 Å². The molecule has 0 aromatic heterocycles. The van der Waals surface area contributed by atoms with Crippen LogP contribution >= 0.6 is 0 Å². The Morgan fingerprint density at radius 1 is 1.40 bits per heavy atom. The lowest BCUT2D eigenvalue weighted by molar-refractivity contribution is 0.489. The summed E-state index contributed by atoms with van der Waals surface area (Å²) < 4.78 is 40.6. The monoisotopic (exact) mass is 300 g/mol. The topological polar surface area (TPSA) is 58.2 Å². The fourth-order valence-electron chi connectivity index (χ4n) is 2.23. The molecule has 2 rings (SSSR count). The molecule has 1 atom stereocenters. The SMILES string of the molecule is CNCc1ccc(S(=O)(=O)NCC(C)C2CC2)c(F)c1. The zero-order valence-corrected chi connectivity index (χ0v) is 12.6. The van der Waals surface area contributed by atoms with Crippen LogP contribution < -0.4 is 10.0 Å². The molecule has 1 aromatic carbocycles. The molecule has 0 bridgehead atoms. The molecule has 0 amide bonds. The molecule has 1 saturated carbocycles. The maximum Gasteiger partial charge on any atom is 0.243 e. The van der Waals surface area contributed by atoms with Crippen LogP contribution in [0.2, 0.25) is 0 Å². The molecule has 1 aliphatic rings. The quantitative estimate of drug-likeness (QED) is 0.808. The number of hydrogen-bond donors (Lipinski definition) is 2. The normalized spacial score (nSPS) is 17.1. The van der Waals surface area contributed by atoms with Crippen molar-refractivity contribution in [2.45, 2.75) is 31.2 Å². The summed E-state index contributed by atoms with van der Waals surface area (Å²) in [5, 5.41) is 2.90. The molecule has 1 fully saturated rings. The standard InChI is InChI=1S/C14H21FN2O2S/c1-10(12-4-5-12)8-17-20(18,19)14-6-3-11(9-16-2)7-13(14)15/h3,6-7,10,12,16-17H,4-5,8-9H2,1-2H3. The number of hydrogen-bond acceptors (Lipinski definition) is 3. The first-order valence-electron chi connectivity index (χ1n) is 6.86. The highest BCUT2D eigenvalue weighted by molar-refractivity contribution is 7.89. The first kappa shape index (κ1) is 15.4. The smallest absolute Gasteiger partial charge is 0.243 e. The van der Waals surface area contributed by atoms with Crippen molar-refractivity contribution in [1.29, 1.82) is 0 Å². The molecular formula is C14H21FN2O2S. The van der Waals surface area contributed by atoms with E-state index < -0.39 is 15.8 Å². The van der Waals surface area contributed by atoms with Crippen molar-refractivity contribution in [3.8, 4) is 0 Å². The third kappa shape index (κ3) is 3.77. The largest absolute Gasteiger partial charge is 0.316 e. The number of nitrogens with one attached hydrogen (secondary N) is 2. The summed E-state index contributed by atoms with van der Waals surface area (Å²) in [6.07, 6.45) is 2.33. The van der Waals surface area contributed by atoms with Crippen molar-refractivity contribution >= 4 is 10.0 Å². The predicted molar refractivity (Wildman–Crippen MR) is 76.2 cm³/mol. The molecule has 20 heavy (non-hydrogen) atoms. The van der Waals surface area contributed by atoms with Gasteiger partial charge < -0.3 is 5.32 Å². The minimum atomic E-state index is -3.77. The van der Waals surface area contributed by atoms with Crippen LogP contribution in [0.1, 0.15) is 25.3 Å². The second kappa shape index (κ2) is 6.20. The Morgan fingerprint density at radius 2 is 2.10 bits per heavy atom. The van der Waals surface area contributed by atoms with Crippen LogP contribution in [0, 0.1) is 17.7 Å². The van der Waals surface area contributed by atoms with Crippen molar-refractivity contribution in [3.05, 3.63) is 29.6 Å². The maximum absolute atomic E-state index is 13.9. The molecule has 112 valence electrons. The van der Waals surface area contributed by atoms with Gasteiger partial charge in [0, 0.05) is 13.1 Å². The van der Waals surface area contributed by atoms with Gasteiger partial charge in [-0.2, -0.15) is 0 Å². The Kier molecular flexibility index (Phi) is 4.78. The van der Waals surface area contributed by atoms with E-state index in [1.807, 2.05) is 6.92 Å². The van der Waals surface area contributed by atoms with Crippen LogP contribution in [-0.4, -0.2) is 22.0 Å². The molecule has 4 nitrogen and oxygen atoms in total. The van der Waals surface area contributed by atoms with Gasteiger partial charge in [-0.3, -0.25) is 0 Å². The number of rotatable bonds is 7. The van der Waals surface area contributed by atoms with Crippen molar-refractivity contribution in [1.82, 2.24) is 10.0 Å². The van der Waals surface area contributed by atoms with E-state index in [-0.39, 0.29) is 4.90 Å². The Morgan fingerprint density at radius 3 is 2.65 bits per heavy atom. The molecule has 6 heteroatoms. The van der Waals surface area contributed by atoms with Crippen molar-refractivity contribution in [2.75, 3.05) is 13.6 Å². The second-order valence-electron chi connectivity index (χ2n) is 5.46. The molecule has 0 radical (unpaired) electrons. The van der Waals surface area contributed by atoms with Crippen LogP contribution in [0.5, 0.6) is 0 Å². The molecule has 1 aromatic rings. The summed E-state index contributed by atoms with van der Waals surface area (Å²) >= 11 is 0. The van der Waals surface area contributed by atoms with Crippen LogP contribution in [0.4, 0.5) is 4.39 Å². The fourth-order valence-corrected chi connectivity index (χ4v) is 3.43. The van der Waals surface area contributed by atoms with Crippen LogP contribution in [0.15, 0.2) is 23.1 Å². The Labute approximate surface area is 119 Å². The number of benzene rings is 1. The second-order valence-corrected chi connectivity index (χ2v) is 7.20. The molecule has 0 heterocycles. The van der Waals surface area contributed by atoms with Gasteiger partial charge in [0.2, 0.25) is 10.0 Å². The van der Waals surface area contributed by atoms with Gasteiger partial charge in [0.1, 0.15) is 10.7 Å². The van der Waals surface area contributed by atoms with E-state index in [0.29, 0.717) is 24.9 Å². The molecule has 2 N–H and O–H groups in total. The van der Waals surface area contributed by atoms with E-state index in [1.165, 1.54) is 12.1 Å². The third-order valence-electron chi connectivity index (χ3n) is 3.69. The van der Waals surface area contributed by atoms with Gasteiger partial charge >= 0.3 is 0 Å². The molecule has 1 unspecified atom stereocenters. The predicted octanol–water partition coefficient (Wildman–Crippen LogP) is 1.87. The van der Waals surface area contributed by atoms with Crippen molar-refractivity contribution in [3.63, 3.8) is 0 Å². The van der Waals surface area contributed by atoms with E-state index in [2.05, 4.69) is 10.0 Å². The van der Waals surface area contributed by atoms with Gasteiger partial charge in [0.25, 0.3) is 0 Å². The van der Waals surface area contributed by atoms with Crippen LogP contribution in [0.3, 0.4) is 0 Å². The highest BCUT2D eigenvalue weighted by Crippen LogP contribution is 2.36. The lowest BCUT2D eigenvalue weighted by atomic mass is 10.1. The van der Waals surface area contributed by atoms with Crippen molar-refractivity contribution in [2.24, 2.45) is 11.8 Å². The van der Waals surface area contributed by atoms with Gasteiger partial charge in [0.05, 0.1) is 0 Å². The summed E-state index contributed by atoms with van der Waals surface area (Å²) in [5.41, 5.74) is 0.718. The highest BCUT2D eigenvalue weighted by Gasteiger charge is 2.29. The maximum atomic E-state index is 13.9. The number of halogens is 1. The molecule has 0 aliphatic heterocycles. The summed E-state index contributed by atoms with van der Waals surface area (Å²) in [6.45, 7) is 2.89. The highest BCUT2D eigenvalue weighted by atomic mass is 32.2. The van der Waals surface area contributed by atoms with Gasteiger partial charge in [-0.1, -0.05) is 13.0 Å². The van der Waals surface area contributed by atoms with Gasteiger partial charge in [0.15, 0.2) is 0 Å². The Bertz CT molecular complexity index is 571. The fraction of sp³-hybridized carbons (Fsp3) is 0.571.